The van der Waals surface area contributed by atoms with Crippen LogP contribution >= 0.6 is 0 Å². The second kappa shape index (κ2) is 5.21. The summed E-state index contributed by atoms with van der Waals surface area (Å²) in [5.74, 6) is 0.746. The average Bonchev–Trinajstić information content (AvgIpc) is 2.46. The second-order valence-electron chi connectivity index (χ2n) is 6.95. The molecule has 1 aliphatic heterocycles. The maximum Gasteiger partial charge on any atom is 0.192 e. The van der Waals surface area contributed by atoms with E-state index < -0.39 is 0 Å². The molecule has 3 heteroatoms. The number of hydrogen-bond donors (Lipinski definition) is 0. The molecule has 0 amide bonds. The van der Waals surface area contributed by atoms with Gasteiger partial charge in [-0.3, -0.25) is 4.79 Å². The van der Waals surface area contributed by atoms with Crippen LogP contribution < -0.4 is 10.3 Å². The molecular formula is C18H23NO2. The van der Waals surface area contributed by atoms with Crippen molar-refractivity contribution in [3.05, 3.63) is 40.2 Å². The lowest BCUT2D eigenvalue weighted by Crippen LogP contribution is -2.29. The number of anilines is 1. The van der Waals surface area contributed by atoms with Crippen LogP contribution in [0, 0.1) is 0 Å². The summed E-state index contributed by atoms with van der Waals surface area (Å²) in [5, 5.41) is 0.670. The van der Waals surface area contributed by atoms with Gasteiger partial charge >= 0.3 is 0 Å². The third-order valence-corrected chi connectivity index (χ3v) is 4.17. The SMILES string of the molecule is CC(C)(C)c1cc(=O)c2ccc(N3CCCCC3)cc2o1. The number of rotatable bonds is 1. The summed E-state index contributed by atoms with van der Waals surface area (Å²) >= 11 is 0. The molecule has 21 heavy (non-hydrogen) atoms. The molecule has 112 valence electrons. The first-order valence-corrected chi connectivity index (χ1v) is 7.78. The summed E-state index contributed by atoms with van der Waals surface area (Å²) in [6, 6.07) is 7.60. The van der Waals surface area contributed by atoms with Crippen LogP contribution in [-0.4, -0.2) is 13.1 Å². The van der Waals surface area contributed by atoms with Crippen LogP contribution in [0.3, 0.4) is 0 Å². The van der Waals surface area contributed by atoms with Gasteiger partial charge in [0.1, 0.15) is 11.3 Å². The van der Waals surface area contributed by atoms with Gasteiger partial charge in [0, 0.05) is 36.3 Å². The highest BCUT2D eigenvalue weighted by Crippen LogP contribution is 2.27. The Hall–Kier alpha value is -1.77. The molecule has 2 heterocycles. The van der Waals surface area contributed by atoms with Crippen molar-refractivity contribution in [3.63, 3.8) is 0 Å². The van der Waals surface area contributed by atoms with Crippen molar-refractivity contribution in [3.8, 4) is 0 Å². The van der Waals surface area contributed by atoms with Crippen LogP contribution in [-0.2, 0) is 5.41 Å². The van der Waals surface area contributed by atoms with E-state index in [1.165, 1.54) is 19.3 Å². The van der Waals surface area contributed by atoms with Gasteiger partial charge in [-0.2, -0.15) is 0 Å². The van der Waals surface area contributed by atoms with Gasteiger partial charge < -0.3 is 9.32 Å². The largest absolute Gasteiger partial charge is 0.460 e. The van der Waals surface area contributed by atoms with E-state index >= 15 is 0 Å². The zero-order valence-electron chi connectivity index (χ0n) is 13.1. The Balaban J connectivity index is 2.09. The molecule has 0 bridgehead atoms. The molecule has 1 fully saturated rings. The van der Waals surface area contributed by atoms with Gasteiger partial charge in [0.05, 0.1) is 5.39 Å². The molecule has 1 aromatic heterocycles. The average molecular weight is 285 g/mol. The predicted molar refractivity (Wildman–Crippen MR) is 87.2 cm³/mol. The summed E-state index contributed by atoms with van der Waals surface area (Å²) in [4.78, 5) is 14.6. The lowest BCUT2D eigenvalue weighted by atomic mass is 9.92. The minimum atomic E-state index is -0.158. The summed E-state index contributed by atoms with van der Waals surface area (Å²) in [5.41, 5.74) is 1.76. The van der Waals surface area contributed by atoms with E-state index in [1.54, 1.807) is 6.07 Å². The van der Waals surface area contributed by atoms with Gasteiger partial charge in [-0.1, -0.05) is 20.8 Å². The van der Waals surface area contributed by atoms with Gasteiger partial charge in [0.25, 0.3) is 0 Å². The summed E-state index contributed by atoms with van der Waals surface area (Å²) in [7, 11) is 0. The van der Waals surface area contributed by atoms with E-state index in [1.807, 2.05) is 18.2 Å². The molecule has 0 aliphatic carbocycles. The monoisotopic (exact) mass is 285 g/mol. The zero-order valence-corrected chi connectivity index (χ0v) is 13.1. The Bertz CT molecular complexity index is 703. The number of nitrogens with zero attached hydrogens (tertiary/aromatic N) is 1. The van der Waals surface area contributed by atoms with E-state index in [-0.39, 0.29) is 10.8 Å². The predicted octanol–water partition coefficient (Wildman–Crippen LogP) is 4.08. The molecule has 0 unspecified atom stereocenters. The molecule has 0 saturated carbocycles. The van der Waals surface area contributed by atoms with Crippen LogP contribution in [0.15, 0.2) is 33.5 Å². The Kier molecular flexibility index (Phi) is 3.52. The van der Waals surface area contributed by atoms with Crippen molar-refractivity contribution in [2.45, 2.75) is 45.4 Å². The van der Waals surface area contributed by atoms with E-state index in [0.717, 1.165) is 24.5 Å². The molecule has 3 nitrogen and oxygen atoms in total. The Morgan fingerprint density at radius 1 is 1.05 bits per heavy atom. The first-order chi connectivity index (χ1) is 9.95. The van der Waals surface area contributed by atoms with Crippen molar-refractivity contribution >= 4 is 16.7 Å². The van der Waals surface area contributed by atoms with Gasteiger partial charge in [-0.05, 0) is 31.4 Å². The first kappa shape index (κ1) is 14.2. The van der Waals surface area contributed by atoms with Crippen molar-refractivity contribution in [1.82, 2.24) is 0 Å². The fourth-order valence-corrected chi connectivity index (χ4v) is 2.86. The molecule has 0 atom stereocenters. The number of hydrogen-bond acceptors (Lipinski definition) is 3. The molecule has 1 aliphatic rings. The minimum absolute atomic E-state index is 0.0476. The highest BCUT2D eigenvalue weighted by molar-refractivity contribution is 5.80. The topological polar surface area (TPSA) is 33.5 Å². The number of benzene rings is 1. The van der Waals surface area contributed by atoms with Gasteiger partial charge in [0.15, 0.2) is 5.43 Å². The fourth-order valence-electron chi connectivity index (χ4n) is 2.86. The van der Waals surface area contributed by atoms with Crippen molar-refractivity contribution < 1.29 is 4.42 Å². The van der Waals surface area contributed by atoms with E-state index in [2.05, 4.69) is 25.7 Å². The smallest absolute Gasteiger partial charge is 0.192 e. The van der Waals surface area contributed by atoms with Gasteiger partial charge in [-0.15, -0.1) is 0 Å². The highest BCUT2D eigenvalue weighted by atomic mass is 16.3. The van der Waals surface area contributed by atoms with Crippen LogP contribution in [0.2, 0.25) is 0 Å². The quantitative estimate of drug-likeness (QED) is 0.791. The molecule has 1 saturated heterocycles. The maximum absolute atomic E-state index is 12.3. The Morgan fingerprint density at radius 2 is 1.76 bits per heavy atom. The van der Waals surface area contributed by atoms with E-state index in [0.29, 0.717) is 11.0 Å². The van der Waals surface area contributed by atoms with Crippen molar-refractivity contribution in [2.75, 3.05) is 18.0 Å². The Morgan fingerprint density at radius 3 is 2.43 bits per heavy atom. The summed E-state index contributed by atoms with van der Waals surface area (Å²) < 4.78 is 6.01. The molecule has 0 N–H and O–H groups in total. The molecular weight excluding hydrogens is 262 g/mol. The standard InChI is InChI=1S/C18H23NO2/c1-18(2,3)17-12-15(20)14-8-7-13(11-16(14)21-17)19-9-5-4-6-10-19/h7-8,11-12H,4-6,9-10H2,1-3H3. The van der Waals surface area contributed by atoms with Crippen molar-refractivity contribution in [1.29, 1.82) is 0 Å². The third-order valence-electron chi connectivity index (χ3n) is 4.17. The highest BCUT2D eigenvalue weighted by Gasteiger charge is 2.19. The van der Waals surface area contributed by atoms with Crippen LogP contribution in [0.1, 0.15) is 45.8 Å². The maximum atomic E-state index is 12.3. The van der Waals surface area contributed by atoms with Crippen LogP contribution in [0.25, 0.3) is 11.0 Å². The molecule has 3 rings (SSSR count). The van der Waals surface area contributed by atoms with Crippen molar-refractivity contribution in [2.24, 2.45) is 0 Å². The summed E-state index contributed by atoms with van der Waals surface area (Å²) in [6.45, 7) is 8.37. The molecule has 0 radical (unpaired) electrons. The van der Waals surface area contributed by atoms with E-state index in [9.17, 15) is 4.79 Å². The third kappa shape index (κ3) is 2.82. The first-order valence-electron chi connectivity index (χ1n) is 7.78. The number of fused-ring (bicyclic) bond motifs is 1. The summed E-state index contributed by atoms with van der Waals surface area (Å²) in [6.07, 6.45) is 3.79. The fraction of sp³-hybridized carbons (Fsp3) is 0.500. The molecule has 2 aromatic rings. The minimum Gasteiger partial charge on any atom is -0.460 e. The normalized spacial score (nSPS) is 16.4. The van der Waals surface area contributed by atoms with E-state index in [4.69, 9.17) is 4.42 Å². The van der Waals surface area contributed by atoms with Crippen LogP contribution in [0.5, 0.6) is 0 Å². The van der Waals surface area contributed by atoms with Gasteiger partial charge in [0.2, 0.25) is 0 Å². The zero-order chi connectivity index (χ0) is 15.0. The number of piperidine rings is 1. The lowest BCUT2D eigenvalue weighted by molar-refractivity contribution is 0.421. The Labute approximate surface area is 125 Å². The molecule has 0 spiro atoms. The second-order valence-corrected chi connectivity index (χ2v) is 6.95. The lowest BCUT2D eigenvalue weighted by Gasteiger charge is -2.28. The van der Waals surface area contributed by atoms with Gasteiger partial charge in [-0.25, -0.2) is 0 Å². The van der Waals surface area contributed by atoms with Crippen LogP contribution in [0.4, 0.5) is 5.69 Å². The molecule has 1 aromatic carbocycles.